The molecule has 0 unspecified atom stereocenters. The monoisotopic (exact) mass is 768 g/mol. The van der Waals surface area contributed by atoms with Crippen LogP contribution in [-0.4, -0.2) is 6.71 Å². The number of rotatable bonds is 3. The molecule has 8 aromatic rings. The molecule has 0 atom stereocenters. The van der Waals surface area contributed by atoms with E-state index in [1.165, 1.54) is 117 Å². The van der Waals surface area contributed by atoms with Crippen LogP contribution in [0.5, 0.6) is 0 Å². The molecule has 60 heavy (non-hydrogen) atoms. The second-order valence-electron chi connectivity index (χ2n) is 19.1. The smallest absolute Gasteiger partial charge is 0.252 e. The van der Waals surface area contributed by atoms with E-state index in [-0.39, 0.29) is 23.0 Å². The summed E-state index contributed by atoms with van der Waals surface area (Å²) in [5.74, 6) is 0. The molecule has 0 N–H and O–H groups in total. The molecule has 0 fully saturated rings. The second kappa shape index (κ2) is 11.4. The fraction of sp³-hybridized carbons (Fsp3) is 0.158. The van der Waals surface area contributed by atoms with Gasteiger partial charge < -0.3 is 9.80 Å². The number of aryl methyl sites for hydroxylation is 1. The minimum atomic E-state index is -0.380. The first-order valence-electron chi connectivity index (χ1n) is 21.6. The van der Waals surface area contributed by atoms with Gasteiger partial charge in [0.1, 0.15) is 0 Å². The molecule has 0 bridgehead atoms. The topological polar surface area (TPSA) is 6.48 Å². The zero-order chi connectivity index (χ0) is 40.4. The number of benzene rings is 8. The molecule has 2 nitrogen and oxygen atoms in total. The summed E-state index contributed by atoms with van der Waals surface area (Å²) in [6.07, 6.45) is 0. The Hall–Kier alpha value is -6.58. The third kappa shape index (κ3) is 4.06. The SMILES string of the molecule is Cc1cc2c3c(c1)N(c1ccc4c(c1)C(C)(C)c1ccccc1-4)c1cccc4c1B3c1c(cccc1C4(C)c1ccccc1)N2c1ccc2c(c1)C(C)(C)c1ccccc1-2. The molecule has 8 aromatic carbocycles. The van der Waals surface area contributed by atoms with Crippen LogP contribution >= 0.6 is 0 Å². The van der Waals surface area contributed by atoms with E-state index in [0.29, 0.717) is 0 Å². The van der Waals surface area contributed by atoms with Crippen LogP contribution in [0.3, 0.4) is 0 Å². The molecule has 0 aromatic heterocycles. The van der Waals surface area contributed by atoms with E-state index in [4.69, 9.17) is 0 Å². The summed E-state index contributed by atoms with van der Waals surface area (Å²) in [4.78, 5) is 5.23. The highest BCUT2D eigenvalue weighted by Crippen LogP contribution is 2.55. The molecule has 3 heteroatoms. The first-order valence-corrected chi connectivity index (χ1v) is 21.6. The van der Waals surface area contributed by atoms with Crippen LogP contribution in [0.2, 0.25) is 0 Å². The third-order valence-electron chi connectivity index (χ3n) is 15.4. The summed E-state index contributed by atoms with van der Waals surface area (Å²) in [5, 5.41) is 0. The number of hydrogen-bond acceptors (Lipinski definition) is 2. The zero-order valence-electron chi connectivity index (χ0n) is 35.1. The van der Waals surface area contributed by atoms with Crippen molar-refractivity contribution in [3.63, 3.8) is 0 Å². The van der Waals surface area contributed by atoms with Gasteiger partial charge >= 0.3 is 0 Å². The Kier molecular flexibility index (Phi) is 6.50. The van der Waals surface area contributed by atoms with Crippen LogP contribution in [-0.2, 0) is 16.2 Å². The number of hydrogen-bond donors (Lipinski definition) is 0. The molecule has 3 aliphatic heterocycles. The maximum absolute atomic E-state index is 2.62. The van der Waals surface area contributed by atoms with Crippen molar-refractivity contribution in [2.24, 2.45) is 0 Å². The molecule has 0 saturated carbocycles. The Labute approximate surface area is 353 Å². The van der Waals surface area contributed by atoms with Crippen molar-refractivity contribution in [2.45, 2.75) is 57.8 Å². The van der Waals surface area contributed by atoms with Crippen molar-refractivity contribution in [3.05, 3.63) is 208 Å². The van der Waals surface area contributed by atoms with Crippen LogP contribution in [0.25, 0.3) is 22.3 Å². The summed E-state index contributed by atoms with van der Waals surface area (Å²) in [5.41, 5.74) is 27.5. The predicted octanol–water partition coefficient (Wildman–Crippen LogP) is 12.4. The molecule has 0 radical (unpaired) electrons. The molecular formula is C57H45BN2. The molecule has 13 rings (SSSR count). The quantitative estimate of drug-likeness (QED) is 0.165. The fourth-order valence-electron chi connectivity index (χ4n) is 12.5. The summed E-state index contributed by atoms with van der Waals surface area (Å²) < 4.78 is 0. The standard InChI is InChI=1S/C57H45BN2/c1-34-30-50-54-51(31-34)60(37-27-29-41-39-19-11-13-21-43(39)56(4,5)47(41)33-37)49-25-15-23-45-53(49)58(54)52-44(57(45,6)35-16-8-7-9-17-35)22-14-24-48(52)59(50)36-26-28-40-38-18-10-12-20-42(38)55(2,3)46(40)32-36/h7-33H,1-6H3. The molecule has 0 amide bonds. The van der Waals surface area contributed by atoms with E-state index in [2.05, 4.69) is 215 Å². The Morgan fingerprint density at radius 1 is 0.367 bits per heavy atom. The van der Waals surface area contributed by atoms with Crippen molar-refractivity contribution in [1.29, 1.82) is 0 Å². The average molecular weight is 769 g/mol. The highest BCUT2D eigenvalue weighted by atomic mass is 15.2. The lowest BCUT2D eigenvalue weighted by atomic mass is 9.28. The van der Waals surface area contributed by atoms with Gasteiger partial charge in [-0.2, -0.15) is 0 Å². The van der Waals surface area contributed by atoms with Gasteiger partial charge in [-0.05, 0) is 146 Å². The highest BCUT2D eigenvalue weighted by Gasteiger charge is 2.53. The maximum Gasteiger partial charge on any atom is 0.252 e. The lowest BCUT2D eigenvalue weighted by Crippen LogP contribution is -2.67. The Morgan fingerprint density at radius 3 is 1.30 bits per heavy atom. The van der Waals surface area contributed by atoms with Gasteiger partial charge in [-0.3, -0.25) is 0 Å². The van der Waals surface area contributed by atoms with Crippen LogP contribution in [0.1, 0.15) is 79.1 Å². The van der Waals surface area contributed by atoms with Crippen LogP contribution < -0.4 is 26.2 Å². The van der Waals surface area contributed by atoms with Gasteiger partial charge in [-0.1, -0.05) is 143 Å². The van der Waals surface area contributed by atoms with Crippen LogP contribution in [0.4, 0.5) is 34.1 Å². The van der Waals surface area contributed by atoms with Gasteiger partial charge in [0.05, 0.1) is 0 Å². The minimum absolute atomic E-state index is 0.0857. The number of nitrogens with zero attached hydrogens (tertiary/aromatic N) is 2. The van der Waals surface area contributed by atoms with Crippen molar-refractivity contribution in [1.82, 2.24) is 0 Å². The normalized spacial score (nSPS) is 16.8. The Bertz CT molecular complexity index is 3020. The maximum atomic E-state index is 2.62. The lowest BCUT2D eigenvalue weighted by molar-refractivity contribution is 0.660. The number of anilines is 6. The largest absolute Gasteiger partial charge is 0.311 e. The lowest BCUT2D eigenvalue weighted by Gasteiger charge is -2.51. The van der Waals surface area contributed by atoms with E-state index >= 15 is 0 Å². The van der Waals surface area contributed by atoms with Gasteiger partial charge in [0.2, 0.25) is 0 Å². The fourth-order valence-corrected chi connectivity index (χ4v) is 12.5. The van der Waals surface area contributed by atoms with Crippen molar-refractivity contribution < 1.29 is 0 Å². The van der Waals surface area contributed by atoms with E-state index in [1.54, 1.807) is 0 Å². The summed E-state index contributed by atoms with van der Waals surface area (Å²) in [7, 11) is 0. The van der Waals surface area contributed by atoms with Crippen molar-refractivity contribution in [2.75, 3.05) is 9.80 Å². The van der Waals surface area contributed by atoms with E-state index in [1.807, 2.05) is 0 Å². The predicted molar refractivity (Wildman–Crippen MR) is 252 cm³/mol. The van der Waals surface area contributed by atoms with E-state index in [9.17, 15) is 0 Å². The van der Waals surface area contributed by atoms with Crippen LogP contribution in [0.15, 0.2) is 164 Å². The van der Waals surface area contributed by atoms with Crippen molar-refractivity contribution in [3.8, 4) is 22.3 Å². The number of fused-ring (bicyclic) bond motifs is 6. The molecule has 286 valence electrons. The summed E-state index contributed by atoms with van der Waals surface area (Å²) in [6, 6.07) is 62.9. The Morgan fingerprint density at radius 2 is 0.800 bits per heavy atom. The summed E-state index contributed by atoms with van der Waals surface area (Å²) in [6.45, 7) is 14.4. The average Bonchev–Trinajstić information content (AvgIpc) is 3.64. The molecule has 2 aliphatic carbocycles. The van der Waals surface area contributed by atoms with Gasteiger partial charge in [-0.15, -0.1) is 0 Å². The summed E-state index contributed by atoms with van der Waals surface area (Å²) >= 11 is 0. The molecule has 0 spiro atoms. The second-order valence-corrected chi connectivity index (χ2v) is 19.1. The highest BCUT2D eigenvalue weighted by molar-refractivity contribution is 7.01. The van der Waals surface area contributed by atoms with Gasteiger partial charge in [0.15, 0.2) is 0 Å². The first-order chi connectivity index (χ1) is 29.1. The van der Waals surface area contributed by atoms with Crippen molar-refractivity contribution >= 4 is 57.2 Å². The Balaban J connectivity index is 1.12. The van der Waals surface area contributed by atoms with E-state index in [0.717, 1.165) is 0 Å². The van der Waals surface area contributed by atoms with E-state index < -0.39 is 0 Å². The van der Waals surface area contributed by atoms with Crippen LogP contribution in [0, 0.1) is 6.92 Å². The molecule has 3 heterocycles. The molecule has 0 saturated heterocycles. The van der Waals surface area contributed by atoms with Gasteiger partial charge in [0, 0.05) is 50.4 Å². The first kappa shape index (κ1) is 34.3. The molecule has 5 aliphatic rings. The zero-order valence-corrected chi connectivity index (χ0v) is 35.1. The molecular weight excluding hydrogens is 723 g/mol. The van der Waals surface area contributed by atoms with Gasteiger partial charge in [0.25, 0.3) is 6.71 Å². The third-order valence-corrected chi connectivity index (χ3v) is 15.4. The van der Waals surface area contributed by atoms with Gasteiger partial charge in [-0.25, -0.2) is 0 Å². The minimum Gasteiger partial charge on any atom is -0.311 e.